The van der Waals surface area contributed by atoms with Crippen LogP contribution in [0.25, 0.3) is 0 Å². The predicted molar refractivity (Wildman–Crippen MR) is 122 cm³/mol. The second-order valence-electron chi connectivity index (χ2n) is 8.21. The molecule has 3 unspecified atom stereocenters. The van der Waals surface area contributed by atoms with Gasteiger partial charge in [0.1, 0.15) is 6.10 Å². The number of amides is 2. The number of carbonyl (C=O) groups excluding carboxylic acids is 2. The molecule has 2 amide bonds. The summed E-state index contributed by atoms with van der Waals surface area (Å²) in [6.45, 7) is 6.67. The molecule has 4 rings (SSSR count). The molecule has 0 saturated carbocycles. The first-order valence-electron chi connectivity index (χ1n) is 11.1. The van der Waals surface area contributed by atoms with Gasteiger partial charge in [0.15, 0.2) is 11.5 Å². The van der Waals surface area contributed by atoms with Crippen LogP contribution in [-0.4, -0.2) is 41.3 Å². The summed E-state index contributed by atoms with van der Waals surface area (Å²) in [5.41, 5.74) is 3.07. The molecule has 168 valence electrons. The van der Waals surface area contributed by atoms with E-state index >= 15 is 0 Å². The van der Waals surface area contributed by atoms with Crippen LogP contribution in [0.1, 0.15) is 37.8 Å². The van der Waals surface area contributed by atoms with E-state index in [1.807, 2.05) is 63.2 Å². The highest BCUT2D eigenvalue weighted by molar-refractivity contribution is 6.07. The van der Waals surface area contributed by atoms with Gasteiger partial charge in [-0.2, -0.15) is 5.10 Å². The minimum absolute atomic E-state index is 0.0149. The Labute approximate surface area is 188 Å². The normalized spacial score (nSPS) is 22.0. The van der Waals surface area contributed by atoms with E-state index in [0.717, 1.165) is 16.8 Å². The number of fused-ring (bicyclic) bond motifs is 1. The number of hydrazone groups is 1. The van der Waals surface area contributed by atoms with Gasteiger partial charge < -0.3 is 14.8 Å². The molecule has 0 spiro atoms. The number of carbonyl (C=O) groups is 2. The fourth-order valence-corrected chi connectivity index (χ4v) is 4.11. The largest absolute Gasteiger partial charge is 0.482 e. The smallest absolute Gasteiger partial charge is 0.265 e. The van der Waals surface area contributed by atoms with Gasteiger partial charge in [0.25, 0.3) is 11.8 Å². The quantitative estimate of drug-likeness (QED) is 0.722. The van der Waals surface area contributed by atoms with Gasteiger partial charge in [0.05, 0.1) is 18.2 Å². The number of nitrogens with one attached hydrogen (secondary N) is 1. The predicted octanol–water partition coefficient (Wildman–Crippen LogP) is 3.45. The van der Waals surface area contributed by atoms with Gasteiger partial charge in [0.2, 0.25) is 6.10 Å². The summed E-state index contributed by atoms with van der Waals surface area (Å²) in [5, 5.41) is 9.04. The number of ether oxygens (including phenoxy) is 2. The van der Waals surface area contributed by atoms with Crippen LogP contribution >= 0.6 is 0 Å². The van der Waals surface area contributed by atoms with Gasteiger partial charge in [-0.15, -0.1) is 0 Å². The Hall–Kier alpha value is -3.35. The molecular formula is C25H29N3O4. The third kappa shape index (κ3) is 4.47. The Kier molecular flexibility index (Phi) is 6.44. The standard InChI is InChI=1S/C25H29N3O4/c1-4-20-19(25(30)28(27-20)15-18-10-6-5-9-16(18)2)13-14-26-24(29)23-17(3)31-21-11-7-8-12-22(21)32-23/h5-12,17,19,23H,4,13-15H2,1-3H3,(H,26,29). The molecule has 7 heteroatoms. The number of aryl methyl sites for hydroxylation is 1. The van der Waals surface area contributed by atoms with Crippen LogP contribution in [0.2, 0.25) is 0 Å². The van der Waals surface area contributed by atoms with Crippen LogP contribution in [0.3, 0.4) is 0 Å². The third-order valence-electron chi connectivity index (χ3n) is 5.98. The molecule has 3 atom stereocenters. The second kappa shape index (κ2) is 9.42. The van der Waals surface area contributed by atoms with E-state index in [0.29, 0.717) is 37.4 Å². The Morgan fingerprint density at radius 3 is 2.50 bits per heavy atom. The van der Waals surface area contributed by atoms with Crippen molar-refractivity contribution in [2.45, 2.75) is 52.4 Å². The van der Waals surface area contributed by atoms with Crippen LogP contribution in [0, 0.1) is 12.8 Å². The van der Waals surface area contributed by atoms with Crippen molar-refractivity contribution in [2.75, 3.05) is 6.54 Å². The minimum atomic E-state index is -0.735. The number of nitrogens with zero attached hydrogens (tertiary/aromatic N) is 2. The molecule has 1 N–H and O–H groups in total. The average molecular weight is 436 g/mol. The van der Waals surface area contributed by atoms with E-state index < -0.39 is 12.2 Å². The van der Waals surface area contributed by atoms with E-state index in [1.54, 1.807) is 11.1 Å². The fraction of sp³-hybridized carbons (Fsp3) is 0.400. The summed E-state index contributed by atoms with van der Waals surface area (Å²) in [5.74, 6) is 0.621. The van der Waals surface area contributed by atoms with E-state index in [2.05, 4.69) is 10.4 Å². The Morgan fingerprint density at radius 2 is 1.78 bits per heavy atom. The molecule has 2 heterocycles. The molecule has 0 fully saturated rings. The van der Waals surface area contributed by atoms with Crippen LogP contribution in [-0.2, 0) is 16.1 Å². The Balaban J connectivity index is 1.33. The second-order valence-corrected chi connectivity index (χ2v) is 8.21. The number of hydrogen-bond acceptors (Lipinski definition) is 5. The van der Waals surface area contributed by atoms with E-state index in [1.165, 1.54) is 0 Å². The molecule has 0 aliphatic carbocycles. The van der Waals surface area contributed by atoms with E-state index in [9.17, 15) is 9.59 Å². The zero-order valence-corrected chi connectivity index (χ0v) is 18.7. The van der Waals surface area contributed by atoms with Gasteiger partial charge >= 0.3 is 0 Å². The highest BCUT2D eigenvalue weighted by atomic mass is 16.6. The molecule has 2 aliphatic heterocycles. The van der Waals surface area contributed by atoms with E-state index in [-0.39, 0.29) is 17.7 Å². The van der Waals surface area contributed by atoms with E-state index in [4.69, 9.17) is 9.47 Å². The molecule has 2 aromatic carbocycles. The van der Waals surface area contributed by atoms with Crippen LogP contribution in [0.4, 0.5) is 0 Å². The van der Waals surface area contributed by atoms with Gasteiger partial charge in [-0.05, 0) is 49.9 Å². The first kappa shape index (κ1) is 21.9. The van der Waals surface area contributed by atoms with Gasteiger partial charge in [-0.3, -0.25) is 9.59 Å². The number of benzene rings is 2. The zero-order chi connectivity index (χ0) is 22.7. The van der Waals surface area contributed by atoms with Crippen molar-refractivity contribution in [1.29, 1.82) is 0 Å². The van der Waals surface area contributed by atoms with Crippen molar-refractivity contribution in [1.82, 2.24) is 10.3 Å². The Morgan fingerprint density at radius 1 is 1.09 bits per heavy atom. The molecule has 32 heavy (non-hydrogen) atoms. The fourth-order valence-electron chi connectivity index (χ4n) is 4.11. The van der Waals surface area contributed by atoms with Gasteiger partial charge in [0, 0.05) is 6.54 Å². The summed E-state index contributed by atoms with van der Waals surface area (Å²) >= 11 is 0. The summed E-state index contributed by atoms with van der Waals surface area (Å²) in [6.07, 6.45) is 0.0543. The van der Waals surface area contributed by atoms with Crippen molar-refractivity contribution in [3.8, 4) is 11.5 Å². The highest BCUT2D eigenvalue weighted by Gasteiger charge is 2.36. The zero-order valence-electron chi connectivity index (χ0n) is 18.7. The molecule has 2 aliphatic rings. The molecule has 0 radical (unpaired) electrons. The van der Waals surface area contributed by atoms with Gasteiger partial charge in [-0.1, -0.05) is 43.3 Å². The topological polar surface area (TPSA) is 80.2 Å². The van der Waals surface area contributed by atoms with Crippen molar-refractivity contribution in [2.24, 2.45) is 11.0 Å². The van der Waals surface area contributed by atoms with Crippen molar-refractivity contribution in [3.63, 3.8) is 0 Å². The monoisotopic (exact) mass is 435 g/mol. The molecule has 0 bridgehead atoms. The summed E-state index contributed by atoms with van der Waals surface area (Å²) in [4.78, 5) is 25.7. The number of hydrogen-bond donors (Lipinski definition) is 1. The lowest BCUT2D eigenvalue weighted by Gasteiger charge is -2.31. The lowest BCUT2D eigenvalue weighted by Crippen LogP contribution is -2.49. The number of rotatable bonds is 7. The van der Waals surface area contributed by atoms with Gasteiger partial charge in [-0.25, -0.2) is 5.01 Å². The number of para-hydroxylation sites is 2. The van der Waals surface area contributed by atoms with Crippen molar-refractivity contribution < 1.29 is 19.1 Å². The molecule has 0 aromatic heterocycles. The van der Waals surface area contributed by atoms with Crippen LogP contribution in [0.5, 0.6) is 11.5 Å². The van der Waals surface area contributed by atoms with Crippen LogP contribution in [0.15, 0.2) is 53.6 Å². The molecule has 2 aromatic rings. The summed E-state index contributed by atoms with van der Waals surface area (Å²) < 4.78 is 11.7. The molecule has 0 saturated heterocycles. The molecule has 7 nitrogen and oxygen atoms in total. The minimum Gasteiger partial charge on any atom is -0.482 e. The maximum absolute atomic E-state index is 13.0. The summed E-state index contributed by atoms with van der Waals surface area (Å²) in [7, 11) is 0. The first-order chi connectivity index (χ1) is 15.5. The lowest BCUT2D eigenvalue weighted by atomic mass is 9.97. The maximum atomic E-state index is 13.0. The SMILES string of the molecule is CCC1=NN(Cc2ccccc2C)C(=O)C1CCNC(=O)C1Oc2ccccc2OC1C. The van der Waals surface area contributed by atoms with Crippen LogP contribution < -0.4 is 14.8 Å². The average Bonchev–Trinajstić information content (AvgIpc) is 3.09. The first-order valence-corrected chi connectivity index (χ1v) is 11.1. The third-order valence-corrected chi connectivity index (χ3v) is 5.98. The summed E-state index contributed by atoms with van der Waals surface area (Å²) in [6, 6.07) is 15.3. The van der Waals surface area contributed by atoms with Crippen molar-refractivity contribution >= 4 is 17.5 Å². The van der Waals surface area contributed by atoms with Crippen molar-refractivity contribution in [3.05, 3.63) is 59.7 Å². The molecular weight excluding hydrogens is 406 g/mol. The Bertz CT molecular complexity index is 1040. The maximum Gasteiger partial charge on any atom is 0.265 e. The highest BCUT2D eigenvalue weighted by Crippen LogP contribution is 2.33. The lowest BCUT2D eigenvalue weighted by molar-refractivity contribution is -0.135.